The van der Waals surface area contributed by atoms with E-state index in [4.69, 9.17) is 4.74 Å². The first kappa shape index (κ1) is 23.3. The molecule has 0 saturated heterocycles. The van der Waals surface area contributed by atoms with Crippen molar-refractivity contribution in [3.63, 3.8) is 0 Å². The number of carbonyl (C=O) groups is 2. The van der Waals surface area contributed by atoms with Crippen molar-refractivity contribution in [2.75, 3.05) is 18.2 Å². The van der Waals surface area contributed by atoms with E-state index in [1.807, 2.05) is 59.2 Å². The SMILES string of the molecule is COc1ccccc1-c1nnc(SCC(=O)Nc2cccc(C(C)=O)c2)n1Cc1ccccc1. The highest BCUT2D eigenvalue weighted by Gasteiger charge is 2.19. The van der Waals surface area contributed by atoms with Crippen LogP contribution in [0.2, 0.25) is 0 Å². The quantitative estimate of drug-likeness (QED) is 0.274. The molecule has 0 fully saturated rings. The fraction of sp³-hybridized carbons (Fsp3) is 0.154. The molecule has 4 rings (SSSR count). The van der Waals surface area contributed by atoms with E-state index < -0.39 is 0 Å². The second-order valence-electron chi connectivity index (χ2n) is 7.55. The molecule has 1 aromatic heterocycles. The molecule has 34 heavy (non-hydrogen) atoms. The van der Waals surface area contributed by atoms with Gasteiger partial charge in [-0.05, 0) is 36.8 Å². The molecule has 0 aliphatic rings. The molecule has 1 amide bonds. The van der Waals surface area contributed by atoms with Crippen molar-refractivity contribution in [1.29, 1.82) is 0 Å². The largest absolute Gasteiger partial charge is 0.496 e. The van der Waals surface area contributed by atoms with Gasteiger partial charge in [-0.25, -0.2) is 0 Å². The van der Waals surface area contributed by atoms with Crippen LogP contribution in [0.3, 0.4) is 0 Å². The molecular formula is C26H24N4O3S. The van der Waals surface area contributed by atoms with Gasteiger partial charge >= 0.3 is 0 Å². The highest BCUT2D eigenvalue weighted by atomic mass is 32.2. The molecule has 0 aliphatic carbocycles. The lowest BCUT2D eigenvalue weighted by molar-refractivity contribution is -0.113. The van der Waals surface area contributed by atoms with E-state index >= 15 is 0 Å². The van der Waals surface area contributed by atoms with Crippen molar-refractivity contribution in [2.24, 2.45) is 0 Å². The molecule has 0 atom stereocenters. The molecule has 0 aliphatic heterocycles. The third-order valence-electron chi connectivity index (χ3n) is 5.13. The number of hydrogen-bond acceptors (Lipinski definition) is 6. The zero-order chi connectivity index (χ0) is 23.9. The van der Waals surface area contributed by atoms with Crippen LogP contribution in [0.15, 0.2) is 84.0 Å². The topological polar surface area (TPSA) is 86.1 Å². The molecule has 8 heteroatoms. The fourth-order valence-electron chi connectivity index (χ4n) is 3.48. The van der Waals surface area contributed by atoms with Gasteiger partial charge in [-0.15, -0.1) is 10.2 Å². The summed E-state index contributed by atoms with van der Waals surface area (Å²) < 4.78 is 7.52. The Hall–Kier alpha value is -3.91. The Balaban J connectivity index is 1.56. The summed E-state index contributed by atoms with van der Waals surface area (Å²) in [6.45, 7) is 2.04. The third-order valence-corrected chi connectivity index (χ3v) is 6.10. The van der Waals surface area contributed by atoms with Gasteiger partial charge in [0.25, 0.3) is 0 Å². The van der Waals surface area contributed by atoms with Gasteiger partial charge in [0.05, 0.1) is 25.0 Å². The Bertz CT molecular complexity index is 1300. The van der Waals surface area contributed by atoms with Crippen molar-refractivity contribution in [2.45, 2.75) is 18.6 Å². The first-order valence-corrected chi connectivity index (χ1v) is 11.7. The summed E-state index contributed by atoms with van der Waals surface area (Å²) >= 11 is 1.30. The van der Waals surface area contributed by atoms with Crippen molar-refractivity contribution in [3.05, 3.63) is 90.0 Å². The van der Waals surface area contributed by atoms with Gasteiger partial charge in [0, 0.05) is 11.3 Å². The molecular weight excluding hydrogens is 448 g/mol. The predicted molar refractivity (Wildman–Crippen MR) is 133 cm³/mol. The minimum absolute atomic E-state index is 0.0524. The monoisotopic (exact) mass is 472 g/mol. The number of hydrogen-bond donors (Lipinski definition) is 1. The summed E-state index contributed by atoms with van der Waals surface area (Å²) in [5, 5.41) is 12.3. The molecule has 0 radical (unpaired) electrons. The van der Waals surface area contributed by atoms with Crippen molar-refractivity contribution in [1.82, 2.24) is 14.8 Å². The minimum atomic E-state index is -0.196. The summed E-state index contributed by atoms with van der Waals surface area (Å²) in [5.41, 5.74) is 3.05. The maximum Gasteiger partial charge on any atom is 0.234 e. The van der Waals surface area contributed by atoms with Crippen LogP contribution in [0.5, 0.6) is 5.75 Å². The van der Waals surface area contributed by atoms with Crippen LogP contribution in [0.1, 0.15) is 22.8 Å². The number of thioether (sulfide) groups is 1. The number of rotatable bonds is 9. The first-order chi connectivity index (χ1) is 16.5. The van der Waals surface area contributed by atoms with Gasteiger partial charge in [-0.3, -0.25) is 14.2 Å². The zero-order valence-electron chi connectivity index (χ0n) is 18.9. The Morgan fingerprint density at radius 2 is 1.74 bits per heavy atom. The molecule has 7 nitrogen and oxygen atoms in total. The average Bonchev–Trinajstić information content (AvgIpc) is 3.25. The van der Waals surface area contributed by atoms with Crippen molar-refractivity contribution in [3.8, 4) is 17.1 Å². The Morgan fingerprint density at radius 3 is 2.50 bits per heavy atom. The van der Waals surface area contributed by atoms with Crippen molar-refractivity contribution >= 4 is 29.1 Å². The Labute approximate surface area is 202 Å². The second-order valence-corrected chi connectivity index (χ2v) is 8.49. The predicted octanol–water partition coefficient (Wildman–Crippen LogP) is 4.94. The molecule has 172 valence electrons. The number of methoxy groups -OCH3 is 1. The van der Waals surface area contributed by atoms with Crippen molar-refractivity contribution < 1.29 is 14.3 Å². The zero-order valence-corrected chi connectivity index (χ0v) is 19.7. The summed E-state index contributed by atoms with van der Waals surface area (Å²) in [5.74, 6) is 1.26. The maximum absolute atomic E-state index is 12.6. The molecule has 0 saturated carbocycles. The molecule has 0 unspecified atom stereocenters. The van der Waals surface area contributed by atoms with E-state index in [0.717, 1.165) is 11.1 Å². The van der Waals surface area contributed by atoms with Crippen LogP contribution in [0.4, 0.5) is 5.69 Å². The lowest BCUT2D eigenvalue weighted by Gasteiger charge is -2.12. The minimum Gasteiger partial charge on any atom is -0.496 e. The molecule has 1 N–H and O–H groups in total. The van der Waals surface area contributed by atoms with Gasteiger partial charge < -0.3 is 10.1 Å². The molecule has 0 spiro atoms. The number of carbonyl (C=O) groups excluding carboxylic acids is 2. The maximum atomic E-state index is 12.6. The van der Waals surface area contributed by atoms with Gasteiger partial charge in [0.15, 0.2) is 16.8 Å². The molecule has 0 bridgehead atoms. The number of nitrogens with one attached hydrogen (secondary N) is 1. The van der Waals surface area contributed by atoms with Crippen LogP contribution in [-0.2, 0) is 11.3 Å². The van der Waals surface area contributed by atoms with Gasteiger partial charge in [-0.1, -0.05) is 66.4 Å². The number of Topliss-reactive ketones (excluding diaryl/α,β-unsaturated/α-hetero) is 1. The lowest BCUT2D eigenvalue weighted by atomic mass is 10.1. The number of ketones is 1. The van der Waals surface area contributed by atoms with Crippen LogP contribution in [0.25, 0.3) is 11.4 Å². The second kappa shape index (κ2) is 10.8. The summed E-state index contributed by atoms with van der Waals surface area (Å²) in [6.07, 6.45) is 0. The van der Waals surface area contributed by atoms with E-state index in [-0.39, 0.29) is 17.4 Å². The highest BCUT2D eigenvalue weighted by Crippen LogP contribution is 2.31. The van der Waals surface area contributed by atoms with E-state index in [1.54, 1.807) is 31.4 Å². The number of ether oxygens (including phenoxy) is 1. The number of aromatic nitrogens is 3. The number of para-hydroxylation sites is 1. The van der Waals surface area contributed by atoms with Crippen LogP contribution in [0, 0.1) is 0 Å². The summed E-state index contributed by atoms with van der Waals surface area (Å²) in [7, 11) is 1.62. The molecule has 4 aromatic rings. The van der Waals surface area contributed by atoms with E-state index in [0.29, 0.717) is 34.5 Å². The van der Waals surface area contributed by atoms with Crippen LogP contribution < -0.4 is 10.1 Å². The van der Waals surface area contributed by atoms with Gasteiger partial charge in [0.1, 0.15) is 5.75 Å². The summed E-state index contributed by atoms with van der Waals surface area (Å²) in [6, 6.07) is 24.6. The number of amides is 1. The normalized spacial score (nSPS) is 10.6. The highest BCUT2D eigenvalue weighted by molar-refractivity contribution is 7.99. The van der Waals surface area contributed by atoms with Gasteiger partial charge in [-0.2, -0.15) is 0 Å². The summed E-state index contributed by atoms with van der Waals surface area (Å²) in [4.78, 5) is 24.2. The molecule has 1 heterocycles. The van der Waals surface area contributed by atoms with Gasteiger partial charge in [0.2, 0.25) is 5.91 Å². The number of benzene rings is 3. The fourth-order valence-corrected chi connectivity index (χ4v) is 4.21. The number of nitrogens with zero attached hydrogens (tertiary/aromatic N) is 3. The smallest absolute Gasteiger partial charge is 0.234 e. The van der Waals surface area contributed by atoms with E-state index in [9.17, 15) is 9.59 Å². The average molecular weight is 473 g/mol. The Kier molecular flexibility index (Phi) is 7.39. The first-order valence-electron chi connectivity index (χ1n) is 10.7. The Morgan fingerprint density at radius 1 is 0.971 bits per heavy atom. The van der Waals surface area contributed by atoms with E-state index in [2.05, 4.69) is 15.5 Å². The van der Waals surface area contributed by atoms with Crippen LogP contribution in [-0.4, -0.2) is 39.3 Å². The van der Waals surface area contributed by atoms with E-state index in [1.165, 1.54) is 18.7 Å². The molecule has 3 aromatic carbocycles. The number of anilines is 1. The lowest BCUT2D eigenvalue weighted by Crippen LogP contribution is -2.15. The van der Waals surface area contributed by atoms with Crippen LogP contribution >= 0.6 is 11.8 Å². The third kappa shape index (κ3) is 5.52. The standard InChI is InChI=1S/C26H24N4O3S/c1-18(31)20-11-8-12-21(15-20)27-24(32)17-34-26-29-28-25(22-13-6-7-14-23(22)33-2)30(26)16-19-9-4-3-5-10-19/h3-15H,16-17H2,1-2H3,(H,27,32).